The Kier molecular flexibility index (Phi) is 7.24. The molecule has 3 rings (SSSR count). The minimum atomic E-state index is -0.518. The van der Waals surface area contributed by atoms with Crippen LogP contribution in [0.1, 0.15) is 18.4 Å². The van der Waals surface area contributed by atoms with Gasteiger partial charge >= 0.3 is 5.69 Å². The molecule has 30 heavy (non-hydrogen) atoms. The molecule has 0 saturated carbocycles. The number of para-hydroxylation sites is 2. The number of carbonyl (C=O) groups excluding carboxylic acids is 1. The second-order valence-corrected chi connectivity index (χ2v) is 7.48. The summed E-state index contributed by atoms with van der Waals surface area (Å²) in [4.78, 5) is 27.3. The number of hydrogen-bond acceptors (Lipinski definition) is 6. The van der Waals surface area contributed by atoms with Gasteiger partial charge in [-0.05, 0) is 36.6 Å². The first-order chi connectivity index (χ1) is 14.4. The summed E-state index contributed by atoms with van der Waals surface area (Å²) in [5, 5.41) is 11.2. The molecule has 1 amide bonds. The van der Waals surface area contributed by atoms with Gasteiger partial charge in [0.2, 0.25) is 0 Å². The van der Waals surface area contributed by atoms with Crippen LogP contribution in [0.25, 0.3) is 0 Å². The molecule has 0 aliphatic carbocycles. The molecule has 0 aromatic heterocycles. The van der Waals surface area contributed by atoms with Gasteiger partial charge in [-0.25, -0.2) is 0 Å². The summed E-state index contributed by atoms with van der Waals surface area (Å²) < 4.78 is 11.2. The summed E-state index contributed by atoms with van der Waals surface area (Å²) in [6, 6.07) is 14.1. The number of amides is 1. The highest BCUT2D eigenvalue weighted by Crippen LogP contribution is 2.26. The molecule has 1 aliphatic rings. The Morgan fingerprint density at radius 1 is 1.20 bits per heavy atom. The van der Waals surface area contributed by atoms with Gasteiger partial charge < -0.3 is 19.3 Å². The van der Waals surface area contributed by atoms with Crippen molar-refractivity contribution in [3.8, 4) is 5.75 Å². The first-order valence-electron chi connectivity index (χ1n) is 9.96. The smallest absolute Gasteiger partial charge is 0.310 e. The summed E-state index contributed by atoms with van der Waals surface area (Å²) >= 11 is 0. The van der Waals surface area contributed by atoms with Crippen LogP contribution in [0.2, 0.25) is 0 Å². The van der Waals surface area contributed by atoms with Crippen LogP contribution in [0.5, 0.6) is 5.75 Å². The van der Waals surface area contributed by atoms with E-state index in [4.69, 9.17) is 9.47 Å². The van der Waals surface area contributed by atoms with E-state index in [2.05, 4.69) is 0 Å². The van der Waals surface area contributed by atoms with Gasteiger partial charge in [-0.3, -0.25) is 14.9 Å². The molecule has 0 radical (unpaired) electrons. The molecule has 0 bridgehead atoms. The molecule has 2 aromatic rings. The van der Waals surface area contributed by atoms with Crippen molar-refractivity contribution in [3.63, 3.8) is 0 Å². The molecule has 0 N–H and O–H groups in total. The van der Waals surface area contributed by atoms with E-state index >= 15 is 0 Å². The number of nitro groups is 1. The van der Waals surface area contributed by atoms with Crippen molar-refractivity contribution in [1.82, 2.24) is 4.90 Å². The second kappa shape index (κ2) is 10.1. The first-order valence-corrected chi connectivity index (χ1v) is 9.96. The zero-order valence-electron chi connectivity index (χ0n) is 17.3. The summed E-state index contributed by atoms with van der Waals surface area (Å²) in [6.45, 7) is 1.32. The summed E-state index contributed by atoms with van der Waals surface area (Å²) in [6.07, 6.45) is 1.90. The molecule has 2 aromatic carbocycles. The van der Waals surface area contributed by atoms with Gasteiger partial charge in [-0.15, -0.1) is 0 Å². The van der Waals surface area contributed by atoms with E-state index in [1.54, 1.807) is 17.0 Å². The predicted molar refractivity (Wildman–Crippen MR) is 114 cm³/mol. The number of hydrogen-bond donors (Lipinski definition) is 0. The zero-order valence-corrected chi connectivity index (χ0v) is 17.3. The van der Waals surface area contributed by atoms with Crippen molar-refractivity contribution in [2.75, 3.05) is 38.8 Å². The Bertz CT molecular complexity index is 863. The molecular weight excluding hydrogens is 386 g/mol. The maximum Gasteiger partial charge on any atom is 0.310 e. The van der Waals surface area contributed by atoms with E-state index in [0.29, 0.717) is 19.7 Å². The lowest BCUT2D eigenvalue weighted by atomic mass is 10.1. The first kappa shape index (κ1) is 21.6. The van der Waals surface area contributed by atoms with Crippen LogP contribution < -0.4 is 9.64 Å². The number of nitro benzene ring substituents is 1. The molecule has 1 atom stereocenters. The Morgan fingerprint density at radius 2 is 1.93 bits per heavy atom. The van der Waals surface area contributed by atoms with Crippen molar-refractivity contribution < 1.29 is 19.2 Å². The van der Waals surface area contributed by atoms with Crippen molar-refractivity contribution in [2.45, 2.75) is 25.5 Å². The largest absolute Gasteiger partial charge is 0.477 e. The maximum absolute atomic E-state index is 12.9. The van der Waals surface area contributed by atoms with E-state index in [1.165, 1.54) is 12.1 Å². The van der Waals surface area contributed by atoms with Crippen molar-refractivity contribution in [2.24, 2.45) is 0 Å². The second-order valence-electron chi connectivity index (χ2n) is 7.48. The molecule has 160 valence electrons. The number of carbonyl (C=O) groups is 1. The average molecular weight is 413 g/mol. The molecule has 1 fully saturated rings. The highest BCUT2D eigenvalue weighted by Gasteiger charge is 2.24. The van der Waals surface area contributed by atoms with Crippen LogP contribution in [0.3, 0.4) is 0 Å². The third-order valence-electron chi connectivity index (χ3n) is 5.04. The third kappa shape index (κ3) is 5.70. The Labute approximate surface area is 176 Å². The van der Waals surface area contributed by atoms with Gasteiger partial charge in [0, 0.05) is 45.5 Å². The van der Waals surface area contributed by atoms with Crippen LogP contribution in [0.15, 0.2) is 48.5 Å². The number of ether oxygens (including phenoxy) is 2. The fourth-order valence-electron chi connectivity index (χ4n) is 3.37. The van der Waals surface area contributed by atoms with Gasteiger partial charge in [0.05, 0.1) is 11.0 Å². The molecule has 0 unspecified atom stereocenters. The topological polar surface area (TPSA) is 85.2 Å². The molecule has 1 aliphatic heterocycles. The zero-order chi connectivity index (χ0) is 21.5. The van der Waals surface area contributed by atoms with E-state index < -0.39 is 4.92 Å². The van der Waals surface area contributed by atoms with Crippen LogP contribution in [-0.2, 0) is 16.1 Å². The minimum Gasteiger partial charge on any atom is -0.477 e. The Balaban J connectivity index is 1.69. The monoisotopic (exact) mass is 413 g/mol. The number of nitrogens with zero attached hydrogens (tertiary/aromatic N) is 3. The van der Waals surface area contributed by atoms with Crippen molar-refractivity contribution in [3.05, 3.63) is 64.2 Å². The summed E-state index contributed by atoms with van der Waals surface area (Å²) in [5.41, 5.74) is 1.92. The fraction of sp³-hybridized carbons (Fsp3) is 0.409. The van der Waals surface area contributed by atoms with E-state index in [-0.39, 0.29) is 30.1 Å². The number of benzene rings is 2. The highest BCUT2D eigenvalue weighted by atomic mass is 16.6. The van der Waals surface area contributed by atoms with Gasteiger partial charge in [-0.2, -0.15) is 0 Å². The van der Waals surface area contributed by atoms with E-state index in [1.807, 2.05) is 43.3 Å². The lowest BCUT2D eigenvalue weighted by molar-refractivity contribution is -0.385. The van der Waals surface area contributed by atoms with Gasteiger partial charge in [-0.1, -0.05) is 24.3 Å². The van der Waals surface area contributed by atoms with Gasteiger partial charge in [0.1, 0.15) is 0 Å². The van der Waals surface area contributed by atoms with Gasteiger partial charge in [0.25, 0.3) is 5.91 Å². The van der Waals surface area contributed by atoms with Crippen LogP contribution >= 0.6 is 0 Å². The van der Waals surface area contributed by atoms with Crippen LogP contribution in [0, 0.1) is 10.1 Å². The Hall–Kier alpha value is -3.13. The summed E-state index contributed by atoms with van der Waals surface area (Å²) in [7, 11) is 3.95. The number of rotatable bonds is 9. The SMILES string of the molecule is CN(C)c1ccc(CN(C[C@H]2CCCO2)C(=O)COc2ccccc2[N+](=O)[O-])cc1. The van der Waals surface area contributed by atoms with E-state index in [0.717, 1.165) is 24.1 Å². The summed E-state index contributed by atoms with van der Waals surface area (Å²) in [5.74, 6) is -0.149. The standard InChI is InChI=1S/C22H27N3O5/c1-23(2)18-11-9-17(10-12-18)14-24(15-19-6-5-13-29-19)22(26)16-30-21-8-4-3-7-20(21)25(27)28/h3-4,7-12,19H,5-6,13-16H2,1-2H3/t19-/m1/s1. The van der Waals surface area contributed by atoms with Crippen LogP contribution in [-0.4, -0.2) is 55.7 Å². The fourth-order valence-corrected chi connectivity index (χ4v) is 3.37. The van der Waals surface area contributed by atoms with Crippen LogP contribution in [0.4, 0.5) is 11.4 Å². The third-order valence-corrected chi connectivity index (χ3v) is 5.04. The quantitative estimate of drug-likeness (QED) is 0.463. The molecule has 8 nitrogen and oxygen atoms in total. The van der Waals surface area contributed by atoms with Crippen molar-refractivity contribution in [1.29, 1.82) is 0 Å². The number of anilines is 1. The predicted octanol–water partition coefficient (Wildman–Crippen LogP) is 3.25. The van der Waals surface area contributed by atoms with E-state index in [9.17, 15) is 14.9 Å². The lowest BCUT2D eigenvalue weighted by Crippen LogP contribution is -2.39. The molecular formula is C22H27N3O5. The average Bonchev–Trinajstić information content (AvgIpc) is 3.25. The lowest BCUT2D eigenvalue weighted by Gasteiger charge is -2.26. The molecule has 8 heteroatoms. The maximum atomic E-state index is 12.9. The highest BCUT2D eigenvalue weighted by molar-refractivity contribution is 5.78. The molecule has 0 spiro atoms. The molecule has 1 heterocycles. The minimum absolute atomic E-state index is 0.000981. The Morgan fingerprint density at radius 3 is 2.57 bits per heavy atom. The normalized spacial score (nSPS) is 15.6. The molecule has 1 saturated heterocycles. The van der Waals surface area contributed by atoms with Gasteiger partial charge in [0.15, 0.2) is 12.4 Å². The van der Waals surface area contributed by atoms with Crippen molar-refractivity contribution >= 4 is 17.3 Å².